The third kappa shape index (κ3) is 2.93. The van der Waals surface area contributed by atoms with Crippen molar-refractivity contribution in [2.75, 3.05) is 0 Å². The highest BCUT2D eigenvalue weighted by molar-refractivity contribution is 5.96. The molecule has 3 nitrogen and oxygen atoms in total. The second-order valence-corrected chi connectivity index (χ2v) is 10.2. The van der Waals surface area contributed by atoms with Gasteiger partial charge in [-0.1, -0.05) is 13.8 Å². The van der Waals surface area contributed by atoms with Crippen molar-refractivity contribution in [3.63, 3.8) is 0 Å². The normalized spacial score (nSPS) is 47.4. The molecule has 0 aromatic rings. The van der Waals surface area contributed by atoms with Crippen LogP contribution in [0.2, 0.25) is 0 Å². The maximum absolute atomic E-state index is 13.0. The summed E-state index contributed by atoms with van der Waals surface area (Å²) in [6.07, 6.45) is 1.33. The molecule has 0 aromatic heterocycles. The van der Waals surface area contributed by atoms with E-state index in [-0.39, 0.29) is 58.9 Å². The fraction of sp³-hybridized carbons (Fsp3) is 0.818. The van der Waals surface area contributed by atoms with Crippen molar-refractivity contribution in [1.29, 1.82) is 0 Å². The lowest BCUT2D eigenvalue weighted by molar-refractivity contribution is -0.152. The number of carboxylic acid groups (broad SMARTS) is 1. The van der Waals surface area contributed by atoms with Crippen LogP contribution in [0.3, 0.4) is 0 Å². The van der Waals surface area contributed by atoms with E-state index in [1.807, 2.05) is 0 Å². The van der Waals surface area contributed by atoms with Gasteiger partial charge in [-0.25, -0.2) is 0 Å². The minimum atomic E-state index is -4.46. The van der Waals surface area contributed by atoms with E-state index in [4.69, 9.17) is 0 Å². The predicted octanol–water partition coefficient (Wildman–Crippen LogP) is 5.40. The lowest BCUT2D eigenvalue weighted by Gasteiger charge is -2.60. The summed E-state index contributed by atoms with van der Waals surface area (Å²) in [5.41, 5.74) is -0.558. The third-order valence-corrected chi connectivity index (χ3v) is 9.06. The molecular weight excluding hydrogens is 369 g/mol. The quantitative estimate of drug-likeness (QED) is 0.602. The molecule has 6 heteroatoms. The fourth-order valence-electron chi connectivity index (χ4n) is 7.74. The highest BCUT2D eigenvalue weighted by atomic mass is 19.4. The van der Waals surface area contributed by atoms with Crippen molar-refractivity contribution in [2.24, 2.45) is 40.4 Å². The summed E-state index contributed by atoms with van der Waals surface area (Å²) in [5, 5.41) is 9.67. The molecule has 1 unspecified atom stereocenters. The lowest BCUT2D eigenvalue weighted by atomic mass is 9.44. The molecule has 7 atom stereocenters. The second kappa shape index (κ2) is 6.33. The standard InChI is InChI=1S/C22H29F3O3/c1-20-8-7-16-14(15(20)5-6-17(20)19(27)28)4-3-13-9-18(26)12(10-21(13,16)2)11-22(23,24)25/h11,13-17H,3-10H2,1-2H3,(H,27,28)/b12-11-/t13?,14-,15-,16-,17+,20-,21-/m0/s1. The Kier molecular flexibility index (Phi) is 4.51. The van der Waals surface area contributed by atoms with E-state index in [1.165, 1.54) is 0 Å². The van der Waals surface area contributed by atoms with E-state index in [2.05, 4.69) is 13.8 Å². The largest absolute Gasteiger partial charge is 0.481 e. The molecule has 0 spiro atoms. The number of allylic oxidation sites excluding steroid dienone is 2. The van der Waals surface area contributed by atoms with Crippen molar-refractivity contribution >= 4 is 11.8 Å². The van der Waals surface area contributed by atoms with Crippen LogP contribution in [0, 0.1) is 40.4 Å². The molecule has 0 bridgehead atoms. The van der Waals surface area contributed by atoms with Crippen LogP contribution < -0.4 is 0 Å². The number of hydrogen-bond acceptors (Lipinski definition) is 2. The number of fused-ring (bicyclic) bond motifs is 5. The number of alkyl halides is 3. The van der Waals surface area contributed by atoms with E-state index < -0.39 is 12.1 Å². The van der Waals surface area contributed by atoms with Gasteiger partial charge in [0.05, 0.1) is 5.92 Å². The van der Waals surface area contributed by atoms with E-state index >= 15 is 0 Å². The Balaban J connectivity index is 1.64. The van der Waals surface area contributed by atoms with Crippen molar-refractivity contribution in [1.82, 2.24) is 0 Å². The Hall–Kier alpha value is -1.33. The third-order valence-electron chi connectivity index (χ3n) is 9.06. The molecule has 4 aliphatic carbocycles. The number of halogens is 3. The molecule has 4 saturated carbocycles. The Bertz CT molecular complexity index is 727. The molecule has 0 aliphatic heterocycles. The van der Waals surface area contributed by atoms with Crippen molar-refractivity contribution < 1.29 is 27.9 Å². The van der Waals surface area contributed by atoms with Crippen LogP contribution >= 0.6 is 0 Å². The Morgan fingerprint density at radius 2 is 1.75 bits per heavy atom. The van der Waals surface area contributed by atoms with Gasteiger partial charge >= 0.3 is 12.1 Å². The molecule has 4 aliphatic rings. The number of carboxylic acids is 1. The molecule has 1 N–H and O–H groups in total. The molecule has 0 amide bonds. The number of rotatable bonds is 1. The van der Waals surface area contributed by atoms with Crippen LogP contribution in [0.15, 0.2) is 11.6 Å². The Labute approximate surface area is 163 Å². The molecule has 0 radical (unpaired) electrons. The molecular formula is C22H29F3O3. The summed E-state index contributed by atoms with van der Waals surface area (Å²) >= 11 is 0. The van der Waals surface area contributed by atoms with E-state index in [0.717, 1.165) is 32.1 Å². The minimum absolute atomic E-state index is 0.0601. The van der Waals surface area contributed by atoms with Gasteiger partial charge in [-0.05, 0) is 79.4 Å². The second-order valence-electron chi connectivity index (χ2n) is 10.2. The van der Waals surface area contributed by atoms with E-state index in [9.17, 15) is 27.9 Å². The lowest BCUT2D eigenvalue weighted by Crippen LogP contribution is -2.54. The number of carbonyl (C=O) groups excluding carboxylic acids is 1. The fourth-order valence-corrected chi connectivity index (χ4v) is 7.74. The average Bonchev–Trinajstić information content (AvgIpc) is 2.92. The number of hydrogen-bond donors (Lipinski definition) is 1. The maximum atomic E-state index is 13.0. The summed E-state index contributed by atoms with van der Waals surface area (Å²) in [6.45, 7) is 4.21. The van der Waals surface area contributed by atoms with Crippen LogP contribution in [0.4, 0.5) is 13.2 Å². The van der Waals surface area contributed by atoms with Gasteiger partial charge in [-0.2, -0.15) is 13.2 Å². The van der Waals surface area contributed by atoms with Crippen LogP contribution in [0.25, 0.3) is 0 Å². The first-order valence-electron chi connectivity index (χ1n) is 10.5. The summed E-state index contributed by atoms with van der Waals surface area (Å²) in [7, 11) is 0. The number of ketones is 1. The van der Waals surface area contributed by atoms with Gasteiger partial charge in [-0.15, -0.1) is 0 Å². The number of Topliss-reactive ketones (excluding diaryl/α,β-unsaturated/α-hetero) is 1. The molecule has 156 valence electrons. The zero-order chi connectivity index (χ0) is 20.5. The summed E-state index contributed by atoms with van der Waals surface area (Å²) in [6, 6.07) is 0. The molecule has 4 fully saturated rings. The smallest absolute Gasteiger partial charge is 0.410 e. The van der Waals surface area contributed by atoms with Crippen LogP contribution in [0.5, 0.6) is 0 Å². The molecule has 0 heterocycles. The Morgan fingerprint density at radius 1 is 1.07 bits per heavy atom. The van der Waals surface area contributed by atoms with Gasteiger partial charge in [0, 0.05) is 18.1 Å². The Morgan fingerprint density at radius 3 is 2.39 bits per heavy atom. The van der Waals surface area contributed by atoms with Gasteiger partial charge in [-0.3, -0.25) is 9.59 Å². The highest BCUT2D eigenvalue weighted by Crippen LogP contribution is 2.67. The number of aliphatic carboxylic acids is 1. The van der Waals surface area contributed by atoms with Crippen molar-refractivity contribution in [2.45, 2.75) is 71.4 Å². The van der Waals surface area contributed by atoms with Crippen LogP contribution in [-0.2, 0) is 9.59 Å². The van der Waals surface area contributed by atoms with E-state index in [0.29, 0.717) is 18.3 Å². The molecule has 28 heavy (non-hydrogen) atoms. The first-order valence-corrected chi connectivity index (χ1v) is 10.5. The number of carbonyl (C=O) groups is 2. The molecule has 4 rings (SSSR count). The van der Waals surface area contributed by atoms with Gasteiger partial charge in [0.1, 0.15) is 0 Å². The van der Waals surface area contributed by atoms with Crippen LogP contribution in [-0.4, -0.2) is 23.0 Å². The van der Waals surface area contributed by atoms with Gasteiger partial charge in [0.15, 0.2) is 5.78 Å². The predicted molar refractivity (Wildman–Crippen MR) is 97.4 cm³/mol. The average molecular weight is 398 g/mol. The first kappa shape index (κ1) is 20.0. The first-order chi connectivity index (χ1) is 13.0. The van der Waals surface area contributed by atoms with E-state index in [1.54, 1.807) is 0 Å². The molecule has 0 saturated heterocycles. The SMILES string of the molecule is C[C@]12CC[C@H]3[C@@H](CCC4CC(=O)/C(=C\C(F)(F)F)C[C@@]43C)[C@@H]1CC[C@@H]2C(=O)O. The van der Waals surface area contributed by atoms with Gasteiger partial charge in [0.25, 0.3) is 0 Å². The summed E-state index contributed by atoms with van der Waals surface area (Å²) < 4.78 is 38.9. The molecule has 0 aromatic carbocycles. The van der Waals surface area contributed by atoms with Gasteiger partial charge < -0.3 is 5.11 Å². The zero-order valence-electron chi connectivity index (χ0n) is 16.5. The van der Waals surface area contributed by atoms with Crippen LogP contribution in [0.1, 0.15) is 65.2 Å². The maximum Gasteiger partial charge on any atom is 0.410 e. The summed E-state index contributed by atoms with van der Waals surface area (Å²) in [4.78, 5) is 24.1. The zero-order valence-corrected chi connectivity index (χ0v) is 16.5. The monoisotopic (exact) mass is 398 g/mol. The van der Waals surface area contributed by atoms with Crippen molar-refractivity contribution in [3.05, 3.63) is 11.6 Å². The minimum Gasteiger partial charge on any atom is -0.481 e. The van der Waals surface area contributed by atoms with Gasteiger partial charge in [0.2, 0.25) is 0 Å². The summed E-state index contributed by atoms with van der Waals surface area (Å²) in [5.74, 6) is -0.234. The highest BCUT2D eigenvalue weighted by Gasteiger charge is 2.61. The van der Waals surface area contributed by atoms with Crippen molar-refractivity contribution in [3.8, 4) is 0 Å². The topological polar surface area (TPSA) is 54.4 Å².